The molecule has 0 spiro atoms. The van der Waals surface area contributed by atoms with E-state index in [9.17, 15) is 4.79 Å². The number of nitrogens with zero attached hydrogens (tertiary/aromatic N) is 5. The summed E-state index contributed by atoms with van der Waals surface area (Å²) in [6.07, 6.45) is 7.03. The van der Waals surface area contributed by atoms with E-state index in [0.717, 1.165) is 75.0 Å². The molecule has 1 saturated carbocycles. The molecular formula is C22H33N5O2. The Morgan fingerprint density at radius 2 is 2.03 bits per heavy atom. The van der Waals surface area contributed by atoms with E-state index < -0.39 is 0 Å². The van der Waals surface area contributed by atoms with Gasteiger partial charge in [0.15, 0.2) is 5.65 Å². The molecule has 3 heterocycles. The molecule has 1 atom stereocenters. The van der Waals surface area contributed by atoms with Gasteiger partial charge < -0.3 is 14.5 Å². The summed E-state index contributed by atoms with van der Waals surface area (Å²) >= 11 is 0. The van der Waals surface area contributed by atoms with Crippen LogP contribution in [0.3, 0.4) is 0 Å². The van der Waals surface area contributed by atoms with Crippen LogP contribution in [0.5, 0.6) is 0 Å². The molecule has 1 amide bonds. The zero-order valence-corrected chi connectivity index (χ0v) is 17.9. The van der Waals surface area contributed by atoms with E-state index in [1.165, 1.54) is 0 Å². The number of ether oxygens (including phenoxy) is 1. The van der Waals surface area contributed by atoms with Gasteiger partial charge in [-0.1, -0.05) is 0 Å². The first-order chi connectivity index (χ1) is 14.1. The molecule has 1 aliphatic heterocycles. The molecule has 7 heteroatoms. The van der Waals surface area contributed by atoms with Crippen molar-refractivity contribution in [1.29, 1.82) is 0 Å². The minimum absolute atomic E-state index is 0.163. The maximum Gasteiger partial charge on any atom is 0.225 e. The summed E-state index contributed by atoms with van der Waals surface area (Å²) in [5, 5.41) is 6.07. The number of aromatic nitrogens is 3. The highest BCUT2D eigenvalue weighted by molar-refractivity contribution is 5.81. The van der Waals surface area contributed by atoms with E-state index in [1.807, 2.05) is 16.9 Å². The van der Waals surface area contributed by atoms with E-state index in [4.69, 9.17) is 9.84 Å². The standard InChI is InChI=1S/C22H33N5O2/c1-25(2)13-14-27-21-19(5-4-11-23-21)20(24-27)17-10-12-26(15-17)22(28)16-6-8-18(29-3)9-7-16/h4-5,11,16-18H,6-10,12-15H2,1-3H3/t16?,17-,18?/m0/s1. The van der Waals surface area contributed by atoms with Gasteiger partial charge in [0.1, 0.15) is 0 Å². The Labute approximate surface area is 173 Å². The van der Waals surface area contributed by atoms with Crippen molar-refractivity contribution >= 4 is 16.9 Å². The fraction of sp³-hybridized carbons (Fsp3) is 0.682. The fourth-order valence-corrected chi connectivity index (χ4v) is 4.77. The van der Waals surface area contributed by atoms with Gasteiger partial charge in [0.2, 0.25) is 5.91 Å². The lowest BCUT2D eigenvalue weighted by atomic mass is 9.86. The number of methoxy groups -OCH3 is 1. The summed E-state index contributed by atoms with van der Waals surface area (Å²) in [6, 6.07) is 4.10. The van der Waals surface area contributed by atoms with Crippen molar-refractivity contribution in [2.45, 2.75) is 50.7 Å². The molecular weight excluding hydrogens is 366 g/mol. The maximum absolute atomic E-state index is 13.1. The van der Waals surface area contributed by atoms with Crippen molar-refractivity contribution in [3.8, 4) is 0 Å². The number of carbonyl (C=O) groups is 1. The van der Waals surface area contributed by atoms with Gasteiger partial charge in [0, 0.05) is 50.2 Å². The Bertz CT molecular complexity index is 841. The number of amides is 1. The number of fused-ring (bicyclic) bond motifs is 1. The fourth-order valence-electron chi connectivity index (χ4n) is 4.77. The van der Waals surface area contributed by atoms with Crippen molar-refractivity contribution in [3.05, 3.63) is 24.0 Å². The minimum atomic E-state index is 0.163. The Morgan fingerprint density at radius 1 is 1.24 bits per heavy atom. The number of pyridine rings is 1. The topological polar surface area (TPSA) is 63.5 Å². The molecule has 2 aliphatic rings. The largest absolute Gasteiger partial charge is 0.381 e. The quantitative estimate of drug-likeness (QED) is 0.747. The van der Waals surface area contributed by atoms with Gasteiger partial charge in [-0.3, -0.25) is 4.79 Å². The SMILES string of the molecule is COC1CCC(C(=O)N2CC[C@H](c3nn(CCN(C)C)c4ncccc34)C2)CC1. The van der Waals surface area contributed by atoms with Crippen LogP contribution in [-0.2, 0) is 16.1 Å². The molecule has 0 radical (unpaired) electrons. The Morgan fingerprint density at radius 3 is 2.76 bits per heavy atom. The van der Waals surface area contributed by atoms with E-state index in [2.05, 4.69) is 34.9 Å². The predicted octanol–water partition coefficient (Wildman–Crippen LogP) is 2.51. The molecule has 158 valence electrons. The number of rotatable bonds is 6. The molecule has 1 saturated heterocycles. The Kier molecular flexibility index (Phi) is 6.15. The van der Waals surface area contributed by atoms with Crippen molar-refractivity contribution < 1.29 is 9.53 Å². The lowest BCUT2D eigenvalue weighted by Crippen LogP contribution is -2.37. The summed E-state index contributed by atoms with van der Waals surface area (Å²) in [5.41, 5.74) is 2.05. The Hall–Kier alpha value is -1.99. The molecule has 0 N–H and O–H groups in total. The lowest BCUT2D eigenvalue weighted by Gasteiger charge is -2.29. The number of carbonyl (C=O) groups excluding carboxylic acids is 1. The van der Waals surface area contributed by atoms with Gasteiger partial charge in [0.05, 0.1) is 18.3 Å². The van der Waals surface area contributed by atoms with E-state index in [-0.39, 0.29) is 5.92 Å². The van der Waals surface area contributed by atoms with Crippen LogP contribution in [0, 0.1) is 5.92 Å². The van der Waals surface area contributed by atoms with Crippen LogP contribution in [0.2, 0.25) is 0 Å². The van der Waals surface area contributed by atoms with Gasteiger partial charge in [-0.2, -0.15) is 5.10 Å². The highest BCUT2D eigenvalue weighted by atomic mass is 16.5. The van der Waals surface area contributed by atoms with Crippen molar-refractivity contribution in [1.82, 2.24) is 24.6 Å². The summed E-state index contributed by atoms with van der Waals surface area (Å²) in [6.45, 7) is 3.35. The van der Waals surface area contributed by atoms with Crippen LogP contribution in [0.15, 0.2) is 18.3 Å². The zero-order valence-electron chi connectivity index (χ0n) is 17.9. The molecule has 0 unspecified atom stereocenters. The minimum Gasteiger partial charge on any atom is -0.381 e. The first kappa shape index (κ1) is 20.3. The van der Waals surface area contributed by atoms with Gasteiger partial charge >= 0.3 is 0 Å². The molecule has 29 heavy (non-hydrogen) atoms. The van der Waals surface area contributed by atoms with Crippen LogP contribution in [0.1, 0.15) is 43.7 Å². The van der Waals surface area contributed by atoms with Crippen LogP contribution in [0.4, 0.5) is 0 Å². The van der Waals surface area contributed by atoms with Crippen LogP contribution >= 0.6 is 0 Å². The maximum atomic E-state index is 13.1. The number of hydrogen-bond acceptors (Lipinski definition) is 5. The lowest BCUT2D eigenvalue weighted by molar-refractivity contribution is -0.136. The van der Waals surface area contributed by atoms with Gasteiger partial charge in [-0.05, 0) is 58.3 Å². The number of likely N-dealkylation sites (tertiary alicyclic amines) is 1. The summed E-state index contributed by atoms with van der Waals surface area (Å²) in [5.74, 6) is 0.786. The van der Waals surface area contributed by atoms with E-state index >= 15 is 0 Å². The predicted molar refractivity (Wildman–Crippen MR) is 113 cm³/mol. The smallest absolute Gasteiger partial charge is 0.225 e. The third-order valence-corrected chi connectivity index (χ3v) is 6.54. The van der Waals surface area contributed by atoms with Crippen LogP contribution < -0.4 is 0 Å². The van der Waals surface area contributed by atoms with Crippen molar-refractivity contribution in [3.63, 3.8) is 0 Å². The van der Waals surface area contributed by atoms with Crippen molar-refractivity contribution in [2.24, 2.45) is 5.92 Å². The van der Waals surface area contributed by atoms with Crippen LogP contribution in [0.25, 0.3) is 11.0 Å². The molecule has 7 nitrogen and oxygen atoms in total. The highest BCUT2D eigenvalue weighted by Gasteiger charge is 2.35. The van der Waals surface area contributed by atoms with Gasteiger partial charge in [0.25, 0.3) is 0 Å². The van der Waals surface area contributed by atoms with Gasteiger partial charge in [-0.25, -0.2) is 9.67 Å². The second-order valence-corrected chi connectivity index (χ2v) is 8.77. The summed E-state index contributed by atoms with van der Waals surface area (Å²) in [7, 11) is 5.91. The second kappa shape index (κ2) is 8.79. The monoisotopic (exact) mass is 399 g/mol. The number of hydrogen-bond donors (Lipinski definition) is 0. The molecule has 0 bridgehead atoms. The average Bonchev–Trinajstić information content (AvgIpc) is 3.37. The second-order valence-electron chi connectivity index (χ2n) is 8.77. The third kappa shape index (κ3) is 4.31. The Balaban J connectivity index is 1.46. The molecule has 0 aromatic carbocycles. The molecule has 4 rings (SSSR count). The third-order valence-electron chi connectivity index (χ3n) is 6.54. The van der Waals surface area contributed by atoms with E-state index in [1.54, 1.807) is 7.11 Å². The average molecular weight is 400 g/mol. The first-order valence-corrected chi connectivity index (χ1v) is 10.8. The van der Waals surface area contributed by atoms with Crippen molar-refractivity contribution in [2.75, 3.05) is 40.8 Å². The summed E-state index contributed by atoms with van der Waals surface area (Å²) in [4.78, 5) is 21.9. The molecule has 1 aliphatic carbocycles. The molecule has 2 fully saturated rings. The molecule has 2 aromatic rings. The van der Waals surface area contributed by atoms with Gasteiger partial charge in [-0.15, -0.1) is 0 Å². The van der Waals surface area contributed by atoms with Crippen LogP contribution in [-0.4, -0.2) is 77.4 Å². The van der Waals surface area contributed by atoms with E-state index in [0.29, 0.717) is 17.9 Å². The zero-order chi connectivity index (χ0) is 20.4. The summed E-state index contributed by atoms with van der Waals surface area (Å²) < 4.78 is 7.48. The highest BCUT2D eigenvalue weighted by Crippen LogP contribution is 2.34. The number of likely N-dealkylation sites (N-methyl/N-ethyl adjacent to an activating group) is 1. The molecule has 2 aromatic heterocycles. The first-order valence-electron chi connectivity index (χ1n) is 10.8. The normalized spacial score (nSPS) is 25.2.